The monoisotopic (exact) mass is 247 g/mol. The van der Waals surface area contributed by atoms with Crippen molar-refractivity contribution in [2.45, 2.75) is 51.6 Å². The first-order valence-electron chi connectivity index (χ1n) is 6.84. The quantitative estimate of drug-likeness (QED) is 0.860. The summed E-state index contributed by atoms with van der Waals surface area (Å²) in [5.74, 6) is 0.970. The van der Waals surface area contributed by atoms with Crippen molar-refractivity contribution in [3.63, 3.8) is 0 Å². The predicted molar refractivity (Wildman–Crippen MR) is 72.9 cm³/mol. The van der Waals surface area contributed by atoms with Gasteiger partial charge < -0.3 is 10.1 Å². The molecule has 1 aliphatic carbocycles. The average Bonchev–Trinajstić information content (AvgIpc) is 2.85. The number of anilines is 1. The second kappa shape index (κ2) is 6.43. The number of benzene rings is 1. The molecule has 0 bridgehead atoms. The van der Waals surface area contributed by atoms with E-state index in [0.29, 0.717) is 12.5 Å². The van der Waals surface area contributed by atoms with Crippen molar-refractivity contribution < 1.29 is 9.53 Å². The van der Waals surface area contributed by atoms with E-state index in [4.69, 9.17) is 4.74 Å². The van der Waals surface area contributed by atoms with Gasteiger partial charge in [-0.3, -0.25) is 4.79 Å². The molecular weight excluding hydrogens is 226 g/mol. The van der Waals surface area contributed by atoms with Gasteiger partial charge in [0.1, 0.15) is 5.75 Å². The smallest absolute Gasteiger partial charge is 0.224 e. The van der Waals surface area contributed by atoms with Crippen LogP contribution in [0.2, 0.25) is 0 Å². The van der Waals surface area contributed by atoms with Gasteiger partial charge in [0.05, 0.1) is 6.10 Å². The second-order valence-electron chi connectivity index (χ2n) is 4.85. The molecule has 0 radical (unpaired) electrons. The molecule has 1 saturated carbocycles. The molecule has 1 N–H and O–H groups in total. The number of nitrogens with one attached hydrogen (secondary N) is 1. The van der Waals surface area contributed by atoms with Crippen molar-refractivity contribution in [1.82, 2.24) is 0 Å². The third kappa shape index (κ3) is 3.76. The number of ether oxygens (including phenoxy) is 1. The van der Waals surface area contributed by atoms with E-state index in [1.54, 1.807) is 0 Å². The molecule has 2 rings (SSSR count). The molecule has 0 aliphatic heterocycles. The van der Waals surface area contributed by atoms with Gasteiger partial charge in [0.2, 0.25) is 5.91 Å². The fourth-order valence-electron chi connectivity index (χ4n) is 2.27. The molecule has 0 spiro atoms. The van der Waals surface area contributed by atoms with E-state index in [1.165, 1.54) is 12.8 Å². The van der Waals surface area contributed by atoms with E-state index < -0.39 is 0 Å². The van der Waals surface area contributed by atoms with Crippen molar-refractivity contribution in [2.24, 2.45) is 0 Å². The number of hydrogen-bond acceptors (Lipinski definition) is 2. The molecule has 3 heteroatoms. The van der Waals surface area contributed by atoms with Gasteiger partial charge in [-0.1, -0.05) is 6.92 Å². The van der Waals surface area contributed by atoms with Crippen molar-refractivity contribution in [3.05, 3.63) is 24.3 Å². The SMILES string of the molecule is CCCC(=O)Nc1ccc(OC2CCCC2)cc1. The first-order chi connectivity index (χ1) is 8.78. The minimum atomic E-state index is 0.0713. The van der Waals surface area contributed by atoms with E-state index in [9.17, 15) is 4.79 Å². The first-order valence-corrected chi connectivity index (χ1v) is 6.84. The summed E-state index contributed by atoms with van der Waals surface area (Å²) in [5, 5.41) is 2.87. The van der Waals surface area contributed by atoms with Crippen molar-refractivity contribution in [3.8, 4) is 5.75 Å². The Balaban J connectivity index is 1.86. The molecule has 0 aromatic heterocycles. The second-order valence-corrected chi connectivity index (χ2v) is 4.85. The lowest BCUT2D eigenvalue weighted by Gasteiger charge is -2.13. The standard InChI is InChI=1S/C15H21NO2/c1-2-5-15(17)16-12-8-10-14(11-9-12)18-13-6-3-4-7-13/h8-11,13H,2-7H2,1H3,(H,16,17). The van der Waals surface area contributed by atoms with Crippen LogP contribution >= 0.6 is 0 Å². The lowest BCUT2D eigenvalue weighted by atomic mass is 10.2. The zero-order chi connectivity index (χ0) is 12.8. The molecule has 0 unspecified atom stereocenters. The van der Waals surface area contributed by atoms with Crippen LogP contribution in [-0.4, -0.2) is 12.0 Å². The maximum absolute atomic E-state index is 11.4. The highest BCUT2D eigenvalue weighted by atomic mass is 16.5. The Morgan fingerprint density at radius 3 is 2.56 bits per heavy atom. The van der Waals surface area contributed by atoms with Crippen LogP contribution in [0, 0.1) is 0 Å². The number of rotatable bonds is 5. The summed E-state index contributed by atoms with van der Waals surface area (Å²) < 4.78 is 5.87. The minimum absolute atomic E-state index is 0.0713. The van der Waals surface area contributed by atoms with E-state index in [-0.39, 0.29) is 5.91 Å². The Labute approximate surface area is 109 Å². The van der Waals surface area contributed by atoms with E-state index in [1.807, 2.05) is 31.2 Å². The van der Waals surface area contributed by atoms with Crippen LogP contribution < -0.4 is 10.1 Å². The van der Waals surface area contributed by atoms with Gasteiger partial charge >= 0.3 is 0 Å². The van der Waals surface area contributed by atoms with Crippen LogP contribution in [-0.2, 0) is 4.79 Å². The van der Waals surface area contributed by atoms with Crippen LogP contribution in [0.15, 0.2) is 24.3 Å². The lowest BCUT2D eigenvalue weighted by Crippen LogP contribution is -2.12. The summed E-state index contributed by atoms with van der Waals surface area (Å²) in [5.41, 5.74) is 0.840. The van der Waals surface area contributed by atoms with Crippen molar-refractivity contribution in [2.75, 3.05) is 5.32 Å². The normalized spacial score (nSPS) is 15.6. The Kier molecular flexibility index (Phi) is 4.62. The van der Waals surface area contributed by atoms with Crippen LogP contribution in [0.25, 0.3) is 0 Å². The molecule has 1 aliphatic rings. The lowest BCUT2D eigenvalue weighted by molar-refractivity contribution is -0.116. The zero-order valence-electron chi connectivity index (χ0n) is 10.9. The van der Waals surface area contributed by atoms with Gasteiger partial charge in [0.25, 0.3) is 0 Å². The molecule has 1 aromatic carbocycles. The number of carbonyl (C=O) groups is 1. The summed E-state index contributed by atoms with van der Waals surface area (Å²) in [6.45, 7) is 2.00. The molecule has 3 nitrogen and oxygen atoms in total. The molecule has 0 heterocycles. The van der Waals surface area contributed by atoms with Gasteiger partial charge in [-0.05, 0) is 56.4 Å². The summed E-state index contributed by atoms with van der Waals surface area (Å²) in [7, 11) is 0. The molecule has 1 aromatic rings. The highest BCUT2D eigenvalue weighted by molar-refractivity contribution is 5.90. The van der Waals surface area contributed by atoms with E-state index in [2.05, 4.69) is 5.32 Å². The molecular formula is C15H21NO2. The van der Waals surface area contributed by atoms with Crippen LogP contribution in [0.3, 0.4) is 0 Å². The van der Waals surface area contributed by atoms with Crippen molar-refractivity contribution in [1.29, 1.82) is 0 Å². The maximum Gasteiger partial charge on any atom is 0.224 e. The molecule has 1 fully saturated rings. The summed E-state index contributed by atoms with van der Waals surface area (Å²) >= 11 is 0. The summed E-state index contributed by atoms with van der Waals surface area (Å²) in [6, 6.07) is 7.66. The first kappa shape index (κ1) is 12.9. The molecule has 0 atom stereocenters. The highest BCUT2D eigenvalue weighted by Gasteiger charge is 2.16. The zero-order valence-corrected chi connectivity index (χ0v) is 10.9. The third-order valence-electron chi connectivity index (χ3n) is 3.22. The van der Waals surface area contributed by atoms with Crippen LogP contribution in [0.5, 0.6) is 5.75 Å². The highest BCUT2D eigenvalue weighted by Crippen LogP contribution is 2.24. The van der Waals surface area contributed by atoms with Crippen LogP contribution in [0.1, 0.15) is 45.4 Å². The minimum Gasteiger partial charge on any atom is -0.490 e. The molecule has 0 saturated heterocycles. The van der Waals surface area contributed by atoms with Gasteiger partial charge in [-0.25, -0.2) is 0 Å². The average molecular weight is 247 g/mol. The Hall–Kier alpha value is -1.51. The number of amides is 1. The molecule has 98 valence electrons. The largest absolute Gasteiger partial charge is 0.490 e. The fraction of sp³-hybridized carbons (Fsp3) is 0.533. The van der Waals surface area contributed by atoms with Crippen molar-refractivity contribution >= 4 is 11.6 Å². The number of carbonyl (C=O) groups excluding carboxylic acids is 1. The topological polar surface area (TPSA) is 38.3 Å². The van der Waals surface area contributed by atoms with Gasteiger partial charge in [0.15, 0.2) is 0 Å². The summed E-state index contributed by atoms with van der Waals surface area (Å²) in [4.78, 5) is 11.4. The summed E-state index contributed by atoms with van der Waals surface area (Å²) in [6.07, 6.45) is 6.69. The van der Waals surface area contributed by atoms with E-state index >= 15 is 0 Å². The number of hydrogen-bond donors (Lipinski definition) is 1. The van der Waals surface area contributed by atoms with Crippen LogP contribution in [0.4, 0.5) is 5.69 Å². The predicted octanol–water partition coefficient (Wildman–Crippen LogP) is 3.75. The fourth-order valence-corrected chi connectivity index (χ4v) is 2.27. The maximum atomic E-state index is 11.4. The Bertz CT molecular complexity index is 380. The van der Waals surface area contributed by atoms with Gasteiger partial charge in [-0.15, -0.1) is 0 Å². The third-order valence-corrected chi connectivity index (χ3v) is 3.22. The molecule has 18 heavy (non-hydrogen) atoms. The Morgan fingerprint density at radius 2 is 1.94 bits per heavy atom. The Morgan fingerprint density at radius 1 is 1.28 bits per heavy atom. The molecule has 1 amide bonds. The van der Waals surface area contributed by atoms with E-state index in [0.717, 1.165) is 30.7 Å². The van der Waals surface area contributed by atoms with Gasteiger partial charge in [0, 0.05) is 12.1 Å². The van der Waals surface area contributed by atoms with Gasteiger partial charge in [-0.2, -0.15) is 0 Å².